The van der Waals surface area contributed by atoms with Crippen LogP contribution in [-0.4, -0.2) is 15.0 Å². The summed E-state index contributed by atoms with van der Waals surface area (Å²) in [5, 5.41) is 2.15. The Morgan fingerprint density at radius 2 is 1.79 bits per heavy atom. The van der Waals surface area contributed by atoms with Gasteiger partial charge in [0.15, 0.2) is 5.82 Å². The number of anilines is 1. The summed E-state index contributed by atoms with van der Waals surface area (Å²) >= 11 is 0. The van der Waals surface area contributed by atoms with Crippen LogP contribution in [0.5, 0.6) is 0 Å². The van der Waals surface area contributed by atoms with Gasteiger partial charge in [-0.1, -0.05) is 24.3 Å². The molecule has 0 saturated heterocycles. The van der Waals surface area contributed by atoms with Crippen LogP contribution in [0.1, 0.15) is 11.3 Å². The zero-order valence-electron chi connectivity index (χ0n) is 10.9. The Labute approximate surface area is 111 Å². The van der Waals surface area contributed by atoms with E-state index in [0.717, 1.165) is 27.7 Å². The molecule has 0 saturated carbocycles. The molecule has 0 atom stereocenters. The summed E-state index contributed by atoms with van der Waals surface area (Å²) in [5.41, 5.74) is 8.50. The molecule has 0 aliphatic carbocycles. The van der Waals surface area contributed by atoms with E-state index in [2.05, 4.69) is 15.0 Å². The minimum atomic E-state index is 0.511. The zero-order chi connectivity index (χ0) is 13.4. The second-order valence-corrected chi connectivity index (χ2v) is 4.52. The number of fused-ring (bicyclic) bond motifs is 1. The molecule has 0 radical (unpaired) electrons. The molecule has 0 spiro atoms. The smallest absolute Gasteiger partial charge is 0.181 e. The number of hydrogen-bond donors (Lipinski definition) is 1. The van der Waals surface area contributed by atoms with Crippen LogP contribution in [0.4, 0.5) is 5.82 Å². The summed E-state index contributed by atoms with van der Waals surface area (Å²) < 4.78 is 0. The van der Waals surface area contributed by atoms with Gasteiger partial charge in [0.2, 0.25) is 0 Å². The molecule has 0 amide bonds. The molecular formula is C15H14N4. The third-order valence-electron chi connectivity index (χ3n) is 3.31. The number of nitrogen functional groups attached to an aromatic ring is 1. The highest BCUT2D eigenvalue weighted by Gasteiger charge is 2.11. The lowest BCUT2D eigenvalue weighted by atomic mass is 10.1. The first-order chi connectivity index (χ1) is 9.16. The van der Waals surface area contributed by atoms with Gasteiger partial charge < -0.3 is 5.73 Å². The van der Waals surface area contributed by atoms with Gasteiger partial charge in [-0.05, 0) is 25.3 Å². The molecule has 4 nitrogen and oxygen atoms in total. The Kier molecular flexibility index (Phi) is 2.63. The second-order valence-electron chi connectivity index (χ2n) is 4.52. The molecule has 0 aliphatic heterocycles. The summed E-state index contributed by atoms with van der Waals surface area (Å²) in [4.78, 5) is 13.3. The molecular weight excluding hydrogens is 236 g/mol. The zero-order valence-corrected chi connectivity index (χ0v) is 10.9. The van der Waals surface area contributed by atoms with E-state index in [1.807, 2.05) is 44.2 Å². The maximum absolute atomic E-state index is 5.92. The standard InChI is InChI=1S/C15H14N4/c1-9-10(2)18-15(19-14(9)16)13-12-6-4-3-5-11(12)7-8-17-13/h3-8H,1-2H3,(H2,16,18,19). The lowest BCUT2D eigenvalue weighted by Gasteiger charge is -2.08. The first-order valence-electron chi connectivity index (χ1n) is 6.11. The van der Waals surface area contributed by atoms with Gasteiger partial charge >= 0.3 is 0 Å². The van der Waals surface area contributed by atoms with Crippen LogP contribution < -0.4 is 5.73 Å². The van der Waals surface area contributed by atoms with Crippen LogP contribution in [0.25, 0.3) is 22.3 Å². The van der Waals surface area contributed by atoms with Gasteiger partial charge in [0.1, 0.15) is 11.5 Å². The molecule has 0 unspecified atom stereocenters. The van der Waals surface area contributed by atoms with Crippen molar-refractivity contribution in [2.24, 2.45) is 0 Å². The predicted octanol–water partition coefficient (Wildman–Crippen LogP) is 2.89. The van der Waals surface area contributed by atoms with Crippen molar-refractivity contribution < 1.29 is 0 Å². The summed E-state index contributed by atoms with van der Waals surface area (Å²) in [5.74, 6) is 1.09. The van der Waals surface area contributed by atoms with Gasteiger partial charge in [-0.2, -0.15) is 0 Å². The maximum atomic E-state index is 5.92. The summed E-state index contributed by atoms with van der Waals surface area (Å²) in [6.07, 6.45) is 1.77. The van der Waals surface area contributed by atoms with Crippen LogP contribution in [0.2, 0.25) is 0 Å². The maximum Gasteiger partial charge on any atom is 0.181 e. The minimum Gasteiger partial charge on any atom is -0.383 e. The number of rotatable bonds is 1. The fourth-order valence-corrected chi connectivity index (χ4v) is 2.05. The van der Waals surface area contributed by atoms with Crippen LogP contribution in [0.15, 0.2) is 36.5 Å². The molecule has 0 fully saturated rings. The van der Waals surface area contributed by atoms with Crippen molar-refractivity contribution >= 4 is 16.6 Å². The Hall–Kier alpha value is -2.49. The number of aryl methyl sites for hydroxylation is 1. The van der Waals surface area contributed by atoms with E-state index < -0.39 is 0 Å². The number of nitrogens with zero attached hydrogens (tertiary/aromatic N) is 3. The van der Waals surface area contributed by atoms with Gasteiger partial charge in [-0.3, -0.25) is 4.98 Å². The van der Waals surface area contributed by atoms with Crippen molar-refractivity contribution in [3.63, 3.8) is 0 Å². The van der Waals surface area contributed by atoms with Gasteiger partial charge in [-0.15, -0.1) is 0 Å². The molecule has 0 aliphatic rings. The fourth-order valence-electron chi connectivity index (χ4n) is 2.05. The summed E-state index contributed by atoms with van der Waals surface area (Å²) in [6.45, 7) is 3.85. The van der Waals surface area contributed by atoms with Gasteiger partial charge in [-0.25, -0.2) is 9.97 Å². The van der Waals surface area contributed by atoms with E-state index in [1.165, 1.54) is 0 Å². The largest absolute Gasteiger partial charge is 0.383 e. The van der Waals surface area contributed by atoms with E-state index in [0.29, 0.717) is 11.6 Å². The molecule has 2 N–H and O–H groups in total. The van der Waals surface area contributed by atoms with E-state index in [1.54, 1.807) is 6.20 Å². The molecule has 0 bridgehead atoms. The third kappa shape index (κ3) is 1.91. The number of pyridine rings is 1. The Balaban J connectivity index is 2.31. The van der Waals surface area contributed by atoms with Crippen molar-refractivity contribution in [3.05, 3.63) is 47.8 Å². The van der Waals surface area contributed by atoms with Crippen LogP contribution >= 0.6 is 0 Å². The van der Waals surface area contributed by atoms with Crippen molar-refractivity contribution in [3.8, 4) is 11.5 Å². The monoisotopic (exact) mass is 250 g/mol. The normalized spacial score (nSPS) is 10.8. The van der Waals surface area contributed by atoms with Crippen LogP contribution in [0.3, 0.4) is 0 Å². The van der Waals surface area contributed by atoms with E-state index >= 15 is 0 Å². The average Bonchev–Trinajstić information content (AvgIpc) is 2.43. The lowest BCUT2D eigenvalue weighted by molar-refractivity contribution is 1.07. The quantitative estimate of drug-likeness (QED) is 0.721. The van der Waals surface area contributed by atoms with Crippen LogP contribution in [-0.2, 0) is 0 Å². The predicted molar refractivity (Wildman–Crippen MR) is 76.7 cm³/mol. The van der Waals surface area contributed by atoms with Gasteiger partial charge in [0, 0.05) is 22.8 Å². The Morgan fingerprint density at radius 1 is 1.00 bits per heavy atom. The molecule has 3 aromatic rings. The fraction of sp³-hybridized carbons (Fsp3) is 0.133. The summed E-state index contributed by atoms with van der Waals surface area (Å²) in [6, 6.07) is 10.0. The molecule has 2 aromatic heterocycles. The molecule has 1 aromatic carbocycles. The lowest BCUT2D eigenvalue weighted by Crippen LogP contribution is -2.03. The SMILES string of the molecule is Cc1nc(-c2nccc3ccccc23)nc(N)c1C. The molecule has 2 heterocycles. The highest BCUT2D eigenvalue weighted by molar-refractivity contribution is 5.92. The van der Waals surface area contributed by atoms with Crippen LogP contribution in [0, 0.1) is 13.8 Å². The van der Waals surface area contributed by atoms with Crippen molar-refractivity contribution in [2.75, 3.05) is 5.73 Å². The van der Waals surface area contributed by atoms with Gasteiger partial charge in [0.25, 0.3) is 0 Å². The summed E-state index contributed by atoms with van der Waals surface area (Å²) in [7, 11) is 0. The average molecular weight is 250 g/mol. The third-order valence-corrected chi connectivity index (χ3v) is 3.31. The molecule has 3 rings (SSSR count). The van der Waals surface area contributed by atoms with Crippen molar-refractivity contribution in [1.29, 1.82) is 0 Å². The highest BCUT2D eigenvalue weighted by atomic mass is 15.0. The number of benzene rings is 1. The van der Waals surface area contributed by atoms with Gasteiger partial charge in [0.05, 0.1) is 0 Å². The number of nitrogens with two attached hydrogens (primary N) is 1. The highest BCUT2D eigenvalue weighted by Crippen LogP contribution is 2.25. The number of aromatic nitrogens is 3. The van der Waals surface area contributed by atoms with E-state index in [9.17, 15) is 0 Å². The van der Waals surface area contributed by atoms with E-state index in [4.69, 9.17) is 5.73 Å². The topological polar surface area (TPSA) is 64.7 Å². The van der Waals surface area contributed by atoms with Crippen molar-refractivity contribution in [2.45, 2.75) is 13.8 Å². The molecule has 19 heavy (non-hydrogen) atoms. The number of hydrogen-bond acceptors (Lipinski definition) is 4. The minimum absolute atomic E-state index is 0.511. The molecule has 4 heteroatoms. The first-order valence-corrected chi connectivity index (χ1v) is 6.11. The van der Waals surface area contributed by atoms with E-state index in [-0.39, 0.29) is 0 Å². The van der Waals surface area contributed by atoms with Crippen molar-refractivity contribution in [1.82, 2.24) is 15.0 Å². The second kappa shape index (κ2) is 4.31. The Bertz CT molecular complexity index is 737. The Morgan fingerprint density at radius 3 is 2.58 bits per heavy atom. The molecule has 94 valence electrons. The first kappa shape index (κ1) is 11.6.